The Labute approximate surface area is 204 Å². The molecular weight excluding hydrogens is 468 g/mol. The lowest BCUT2D eigenvalue weighted by atomic mass is 9.96. The average Bonchev–Trinajstić information content (AvgIpc) is 3.29. The van der Waals surface area contributed by atoms with Crippen LogP contribution < -0.4 is 10.1 Å². The van der Waals surface area contributed by atoms with Gasteiger partial charge in [-0.3, -0.25) is 9.11 Å². The molecule has 0 saturated carbocycles. The van der Waals surface area contributed by atoms with E-state index in [1.807, 2.05) is 24.4 Å². The highest BCUT2D eigenvalue weighted by molar-refractivity contribution is 8.22. The number of ether oxygens (including phenoxy) is 1. The molecule has 1 aliphatic carbocycles. The van der Waals surface area contributed by atoms with Gasteiger partial charge < -0.3 is 10.1 Å². The molecule has 0 atom stereocenters. The number of nitrogens with zero attached hydrogens (tertiary/aromatic N) is 3. The van der Waals surface area contributed by atoms with Crippen LogP contribution in [-0.2, 0) is 12.8 Å². The second kappa shape index (κ2) is 9.01. The maximum absolute atomic E-state index is 10.4. The molecule has 34 heavy (non-hydrogen) atoms. The van der Waals surface area contributed by atoms with Gasteiger partial charge in [0.2, 0.25) is 5.95 Å². The summed E-state index contributed by atoms with van der Waals surface area (Å²) in [5, 5.41) is 3.23. The third kappa shape index (κ3) is 4.28. The fourth-order valence-electron chi connectivity index (χ4n) is 3.95. The van der Waals surface area contributed by atoms with E-state index in [1.54, 1.807) is 50.7 Å². The van der Waals surface area contributed by atoms with Crippen molar-refractivity contribution in [2.24, 2.45) is 0 Å². The van der Waals surface area contributed by atoms with Gasteiger partial charge in [0, 0.05) is 41.3 Å². The van der Waals surface area contributed by atoms with Gasteiger partial charge in [-0.1, -0.05) is 18.2 Å². The van der Waals surface area contributed by atoms with Gasteiger partial charge in [0.1, 0.15) is 5.75 Å². The zero-order valence-electron chi connectivity index (χ0n) is 19.1. The van der Waals surface area contributed by atoms with E-state index in [2.05, 4.69) is 28.5 Å². The minimum Gasteiger partial charge on any atom is -0.497 e. The Morgan fingerprint density at radius 2 is 1.88 bits per heavy atom. The Morgan fingerprint density at radius 1 is 1.06 bits per heavy atom. The maximum atomic E-state index is 10.4. The molecule has 0 amide bonds. The smallest absolute Gasteiger partial charge is 0.227 e. The number of fused-ring (bicyclic) bond motifs is 3. The summed E-state index contributed by atoms with van der Waals surface area (Å²) in [6, 6.07) is 17.4. The lowest BCUT2D eigenvalue weighted by molar-refractivity contribution is 0.414. The lowest BCUT2D eigenvalue weighted by Crippen LogP contribution is -2.18. The number of benzene rings is 2. The molecule has 9 heteroatoms. The highest BCUT2D eigenvalue weighted by atomic mass is 32.3. The quantitative estimate of drug-likeness (QED) is 0.289. The first-order valence-corrected chi connectivity index (χ1v) is 13.1. The monoisotopic (exact) mass is 494 g/mol. The predicted octanol–water partition coefficient (Wildman–Crippen LogP) is 6.31. The normalized spacial score (nSPS) is 13.4. The van der Waals surface area contributed by atoms with Crippen molar-refractivity contribution in [1.29, 1.82) is 0 Å². The Kier molecular flexibility index (Phi) is 6.05. The van der Waals surface area contributed by atoms with E-state index in [1.165, 1.54) is 14.1 Å². The molecule has 0 aliphatic heterocycles. The van der Waals surface area contributed by atoms with Crippen molar-refractivity contribution < 1.29 is 13.8 Å². The summed E-state index contributed by atoms with van der Waals surface area (Å²) in [6.45, 7) is 0. The van der Waals surface area contributed by atoms with E-state index in [9.17, 15) is 9.11 Å². The number of thiophene rings is 1. The van der Waals surface area contributed by atoms with E-state index in [0.717, 1.165) is 41.0 Å². The Bertz CT molecular complexity index is 1350. The van der Waals surface area contributed by atoms with Crippen molar-refractivity contribution in [2.45, 2.75) is 17.7 Å². The SMILES string of the molecule is COc1cccc(-c2cc3c(s2)CCc2cnc(Nc4cccc(S(O)(O)N(C)C)c4)nc2-3)c1. The number of hydrogen-bond donors (Lipinski definition) is 3. The van der Waals surface area contributed by atoms with Crippen LogP contribution in [0, 0.1) is 0 Å². The Hall–Kier alpha value is -2.95. The van der Waals surface area contributed by atoms with Gasteiger partial charge in [-0.15, -0.1) is 22.1 Å². The molecule has 3 N–H and O–H groups in total. The molecule has 4 aromatic rings. The average molecular weight is 495 g/mol. The molecule has 0 spiro atoms. The Balaban J connectivity index is 1.46. The van der Waals surface area contributed by atoms with Crippen LogP contribution in [-0.4, -0.2) is 44.6 Å². The summed E-state index contributed by atoms with van der Waals surface area (Å²) in [5.41, 5.74) is 5.04. The summed E-state index contributed by atoms with van der Waals surface area (Å²) in [7, 11) is 1.93. The first kappa shape index (κ1) is 22.8. The van der Waals surface area contributed by atoms with E-state index in [0.29, 0.717) is 16.5 Å². The fraction of sp³-hybridized carbons (Fsp3) is 0.200. The van der Waals surface area contributed by atoms with E-state index < -0.39 is 10.8 Å². The first-order valence-electron chi connectivity index (χ1n) is 10.8. The van der Waals surface area contributed by atoms with Crippen LogP contribution in [0.3, 0.4) is 0 Å². The van der Waals surface area contributed by atoms with Gasteiger partial charge in [-0.2, -0.15) is 0 Å². The molecule has 0 unspecified atom stereocenters. The third-order valence-electron chi connectivity index (χ3n) is 5.82. The van der Waals surface area contributed by atoms with Gasteiger partial charge in [-0.05, 0) is 60.4 Å². The molecular formula is C25H26N4O3S2. The van der Waals surface area contributed by atoms with Crippen molar-refractivity contribution >= 4 is 33.7 Å². The molecule has 5 rings (SSSR count). The number of rotatable bonds is 6. The zero-order valence-corrected chi connectivity index (χ0v) is 20.8. The molecule has 1 aliphatic rings. The van der Waals surface area contributed by atoms with Gasteiger partial charge >= 0.3 is 0 Å². The molecule has 0 saturated heterocycles. The van der Waals surface area contributed by atoms with E-state index in [4.69, 9.17) is 9.72 Å². The summed E-state index contributed by atoms with van der Waals surface area (Å²) < 4.78 is 27.7. The number of nitrogens with one attached hydrogen (secondary N) is 1. The van der Waals surface area contributed by atoms with E-state index in [-0.39, 0.29) is 0 Å². The highest BCUT2D eigenvalue weighted by Gasteiger charge is 2.23. The van der Waals surface area contributed by atoms with Gasteiger partial charge in [0.05, 0.1) is 17.7 Å². The van der Waals surface area contributed by atoms with Crippen LogP contribution in [0.4, 0.5) is 11.6 Å². The van der Waals surface area contributed by atoms with Crippen molar-refractivity contribution in [1.82, 2.24) is 14.3 Å². The largest absolute Gasteiger partial charge is 0.497 e. The highest BCUT2D eigenvalue weighted by Crippen LogP contribution is 2.50. The number of methoxy groups -OCH3 is 1. The predicted molar refractivity (Wildman–Crippen MR) is 139 cm³/mol. The standard InChI is InChI=1S/C25H26N4O3S2/c1-29(2)34(30,31)20-9-5-7-18(13-20)27-25-26-15-17-10-11-22-21(24(17)28-25)14-23(33-22)16-6-4-8-19(12-16)32-3/h4-9,12-15,30-31H,10-11H2,1-3H3,(H,26,27,28). The summed E-state index contributed by atoms with van der Waals surface area (Å²) in [4.78, 5) is 12.3. The van der Waals surface area contributed by atoms with Crippen molar-refractivity contribution in [3.8, 4) is 27.4 Å². The molecule has 2 aromatic carbocycles. The number of aromatic nitrogens is 2. The molecule has 2 aromatic heterocycles. The number of anilines is 2. The zero-order chi connectivity index (χ0) is 23.9. The summed E-state index contributed by atoms with van der Waals surface area (Å²) >= 11 is 1.79. The van der Waals surface area contributed by atoms with Crippen LogP contribution in [0.5, 0.6) is 5.75 Å². The molecule has 0 bridgehead atoms. The lowest BCUT2D eigenvalue weighted by Gasteiger charge is -2.38. The number of hydrogen-bond acceptors (Lipinski definition) is 8. The molecule has 0 fully saturated rings. The van der Waals surface area contributed by atoms with E-state index >= 15 is 0 Å². The first-order chi connectivity index (χ1) is 16.3. The van der Waals surface area contributed by atoms with Gasteiger partial charge in [0.25, 0.3) is 0 Å². The summed E-state index contributed by atoms with van der Waals surface area (Å²) in [6.07, 6.45) is 3.76. The minimum atomic E-state index is -3.03. The van der Waals surface area contributed by atoms with Gasteiger partial charge in [0.15, 0.2) is 0 Å². The molecule has 2 heterocycles. The fourth-order valence-corrected chi connectivity index (χ4v) is 6.07. The Morgan fingerprint density at radius 3 is 2.68 bits per heavy atom. The van der Waals surface area contributed by atoms with Crippen LogP contribution in [0.15, 0.2) is 65.7 Å². The second-order valence-electron chi connectivity index (χ2n) is 8.23. The minimum absolute atomic E-state index is 0.434. The molecule has 7 nitrogen and oxygen atoms in total. The van der Waals surface area contributed by atoms with Gasteiger partial charge in [-0.25, -0.2) is 14.3 Å². The third-order valence-corrected chi connectivity index (χ3v) is 8.97. The van der Waals surface area contributed by atoms with Crippen molar-refractivity contribution in [3.63, 3.8) is 0 Å². The number of aryl methyl sites for hydroxylation is 2. The maximum Gasteiger partial charge on any atom is 0.227 e. The van der Waals surface area contributed by atoms with Crippen LogP contribution >= 0.6 is 22.1 Å². The summed E-state index contributed by atoms with van der Waals surface area (Å²) in [5.74, 6) is 1.31. The molecule has 0 radical (unpaired) electrons. The second-order valence-corrected chi connectivity index (χ2v) is 11.6. The topological polar surface area (TPSA) is 90.7 Å². The van der Waals surface area contributed by atoms with Crippen LogP contribution in [0.1, 0.15) is 10.4 Å². The van der Waals surface area contributed by atoms with Crippen molar-refractivity contribution in [2.75, 3.05) is 26.5 Å². The van der Waals surface area contributed by atoms with Crippen LogP contribution in [0.25, 0.3) is 21.7 Å². The molecule has 176 valence electrons. The van der Waals surface area contributed by atoms with Crippen molar-refractivity contribution in [3.05, 3.63) is 71.2 Å². The van der Waals surface area contributed by atoms with Crippen LogP contribution in [0.2, 0.25) is 0 Å².